The van der Waals surface area contributed by atoms with E-state index in [9.17, 15) is 22.8 Å². The number of pyridine rings is 2. The summed E-state index contributed by atoms with van der Waals surface area (Å²) >= 11 is 0. The van der Waals surface area contributed by atoms with Crippen LogP contribution in [0.3, 0.4) is 0 Å². The number of alkyl halides is 3. The predicted octanol–water partition coefficient (Wildman–Crippen LogP) is 5.31. The highest BCUT2D eigenvalue weighted by Gasteiger charge is 2.63. The molecule has 2 bridgehead atoms. The zero-order valence-corrected chi connectivity index (χ0v) is 27.0. The van der Waals surface area contributed by atoms with Gasteiger partial charge in [0.15, 0.2) is 5.69 Å². The molecular formula is C34H45F3N6O3. The number of hydrogen-bond donors (Lipinski definition) is 1. The number of halogens is 3. The molecule has 1 N–H and O–H groups in total. The van der Waals surface area contributed by atoms with Crippen molar-refractivity contribution in [3.63, 3.8) is 0 Å². The van der Waals surface area contributed by atoms with E-state index in [2.05, 4.69) is 27.0 Å². The van der Waals surface area contributed by atoms with E-state index >= 15 is 0 Å². The average molecular weight is 643 g/mol. The fourth-order valence-corrected chi connectivity index (χ4v) is 8.13. The maximum atomic E-state index is 14.0. The Hall–Kier alpha value is -3.41. The summed E-state index contributed by atoms with van der Waals surface area (Å²) in [6.45, 7) is 7.36. The molecule has 46 heavy (non-hydrogen) atoms. The third-order valence-corrected chi connectivity index (χ3v) is 11.0. The van der Waals surface area contributed by atoms with Gasteiger partial charge >= 0.3 is 6.18 Å². The smallest absolute Gasteiger partial charge is 0.394 e. The molecule has 2 aromatic heterocycles. The summed E-state index contributed by atoms with van der Waals surface area (Å²) in [6.07, 6.45) is 1.69. The summed E-state index contributed by atoms with van der Waals surface area (Å²) in [5.74, 6) is 0.283. The Morgan fingerprint density at radius 1 is 1.07 bits per heavy atom. The van der Waals surface area contributed by atoms with Crippen LogP contribution in [-0.2, 0) is 4.79 Å². The normalized spacial score (nSPS) is 28.4. The van der Waals surface area contributed by atoms with E-state index in [1.54, 1.807) is 12.4 Å². The first-order chi connectivity index (χ1) is 22.0. The van der Waals surface area contributed by atoms with E-state index in [0.717, 1.165) is 25.1 Å². The van der Waals surface area contributed by atoms with Crippen molar-refractivity contribution in [1.29, 1.82) is 0 Å². The Bertz CT molecular complexity index is 1410. The Kier molecular flexibility index (Phi) is 8.95. The van der Waals surface area contributed by atoms with Crippen LogP contribution in [0, 0.1) is 10.8 Å². The molecule has 2 aromatic rings. The first-order valence-electron chi connectivity index (χ1n) is 16.7. The van der Waals surface area contributed by atoms with Crippen LogP contribution in [0.2, 0.25) is 0 Å². The molecule has 7 rings (SSSR count). The van der Waals surface area contributed by atoms with Gasteiger partial charge in [-0.2, -0.15) is 13.2 Å². The third-order valence-electron chi connectivity index (χ3n) is 11.0. The number of likely N-dealkylation sites (N-methyl/N-ethyl adjacent to an activating group) is 1. The number of carbonyl (C=O) groups is 2. The van der Waals surface area contributed by atoms with Crippen molar-refractivity contribution in [3.05, 3.63) is 36.3 Å². The summed E-state index contributed by atoms with van der Waals surface area (Å²) in [6, 6.07) is 5.50. The van der Waals surface area contributed by atoms with Crippen LogP contribution in [0.15, 0.2) is 30.6 Å². The maximum Gasteiger partial charge on any atom is 0.394 e. The van der Waals surface area contributed by atoms with Crippen LogP contribution >= 0.6 is 0 Å². The molecule has 0 spiro atoms. The van der Waals surface area contributed by atoms with Crippen LogP contribution in [0.4, 0.5) is 18.9 Å². The molecule has 250 valence electrons. The third kappa shape index (κ3) is 5.93. The van der Waals surface area contributed by atoms with Crippen molar-refractivity contribution in [2.24, 2.45) is 10.8 Å². The molecule has 3 saturated carbocycles. The first kappa shape index (κ1) is 32.5. The standard InChI is InChI=1S/C34H45F3N6O3/c1-4-25-22-42(31(45)32-9-12-33(13-10-32,14-11-32)34(35,36)37)17-18-43(25)26-19-27(46-5-2)28(23-7-6-15-38-20-23)40-29(26)30(44)39-24-8-16-41(3)21-24/h6-7,15,19-20,24-25H,4-5,8-14,16-18,21-22H2,1-3H3,(H,39,44)/t24-,25-,32?,33?/m1/s1. The van der Waals surface area contributed by atoms with Gasteiger partial charge < -0.3 is 24.8 Å². The van der Waals surface area contributed by atoms with Gasteiger partial charge in [-0.05, 0) is 84.0 Å². The monoisotopic (exact) mass is 642 g/mol. The molecule has 2 atom stereocenters. The van der Waals surface area contributed by atoms with Gasteiger partial charge in [-0.1, -0.05) is 6.92 Å². The molecule has 9 nitrogen and oxygen atoms in total. The van der Waals surface area contributed by atoms with Crippen molar-refractivity contribution in [2.45, 2.75) is 83.5 Å². The van der Waals surface area contributed by atoms with Crippen LogP contribution in [0.5, 0.6) is 5.75 Å². The molecule has 0 unspecified atom stereocenters. The quantitative estimate of drug-likeness (QED) is 0.418. The number of aromatic nitrogens is 2. The lowest BCUT2D eigenvalue weighted by Crippen LogP contribution is -2.60. The zero-order chi connectivity index (χ0) is 32.7. The highest BCUT2D eigenvalue weighted by atomic mass is 19.4. The number of anilines is 1. The molecule has 12 heteroatoms. The van der Waals surface area contributed by atoms with Crippen LogP contribution in [0.25, 0.3) is 11.3 Å². The lowest BCUT2D eigenvalue weighted by atomic mass is 9.53. The van der Waals surface area contributed by atoms with Crippen LogP contribution in [0.1, 0.15) is 75.7 Å². The summed E-state index contributed by atoms with van der Waals surface area (Å²) in [7, 11) is 2.03. The number of piperazine rings is 1. The van der Waals surface area contributed by atoms with Gasteiger partial charge in [-0.25, -0.2) is 4.98 Å². The second kappa shape index (κ2) is 12.7. The summed E-state index contributed by atoms with van der Waals surface area (Å²) in [5, 5.41) is 3.20. The van der Waals surface area contributed by atoms with Gasteiger partial charge in [-0.3, -0.25) is 14.6 Å². The molecule has 2 aliphatic heterocycles. The van der Waals surface area contributed by atoms with Crippen LogP contribution in [-0.4, -0.2) is 96.2 Å². The Morgan fingerprint density at radius 2 is 1.80 bits per heavy atom. The Morgan fingerprint density at radius 3 is 2.39 bits per heavy atom. The fourth-order valence-electron chi connectivity index (χ4n) is 8.13. The number of nitrogens with one attached hydrogen (secondary N) is 1. The fraction of sp³-hybridized carbons (Fsp3) is 0.647. The number of rotatable bonds is 8. The van der Waals surface area contributed by atoms with Gasteiger partial charge in [-0.15, -0.1) is 0 Å². The van der Waals surface area contributed by atoms with E-state index in [-0.39, 0.29) is 43.2 Å². The molecular weight excluding hydrogens is 597 g/mol. The largest absolute Gasteiger partial charge is 0.492 e. The molecule has 5 aliphatic rings. The first-order valence-corrected chi connectivity index (χ1v) is 16.7. The second-order valence-corrected chi connectivity index (χ2v) is 13.7. The van der Waals surface area contributed by atoms with Crippen molar-refractivity contribution in [2.75, 3.05) is 51.3 Å². The minimum absolute atomic E-state index is 0.00977. The van der Waals surface area contributed by atoms with Crippen molar-refractivity contribution in [3.8, 4) is 17.0 Å². The maximum absolute atomic E-state index is 14.0. The number of likely N-dealkylation sites (tertiary alicyclic amines) is 1. The van der Waals surface area contributed by atoms with Gasteiger partial charge in [0, 0.05) is 67.7 Å². The Balaban J connectivity index is 1.28. The highest BCUT2D eigenvalue weighted by Crippen LogP contribution is 2.63. The van der Waals surface area contributed by atoms with Gasteiger partial charge in [0.2, 0.25) is 5.91 Å². The van der Waals surface area contributed by atoms with Crippen molar-refractivity contribution in [1.82, 2.24) is 25.1 Å². The Labute approximate surface area is 268 Å². The molecule has 4 heterocycles. The van der Waals surface area contributed by atoms with Gasteiger partial charge in [0.25, 0.3) is 5.91 Å². The number of carbonyl (C=O) groups excluding carboxylic acids is 2. The van der Waals surface area contributed by atoms with Gasteiger partial charge in [0.1, 0.15) is 11.4 Å². The van der Waals surface area contributed by atoms with Gasteiger partial charge in [0.05, 0.1) is 17.7 Å². The molecule has 0 aromatic carbocycles. The second-order valence-electron chi connectivity index (χ2n) is 13.7. The highest BCUT2D eigenvalue weighted by molar-refractivity contribution is 5.99. The van der Waals surface area contributed by atoms with E-state index in [0.29, 0.717) is 74.7 Å². The number of ether oxygens (including phenoxy) is 1. The number of amides is 2. The molecule has 0 radical (unpaired) electrons. The topological polar surface area (TPSA) is 90.9 Å². The summed E-state index contributed by atoms with van der Waals surface area (Å²) in [4.78, 5) is 43.4. The molecule has 5 fully saturated rings. The number of hydrogen-bond acceptors (Lipinski definition) is 7. The zero-order valence-electron chi connectivity index (χ0n) is 27.0. The van der Waals surface area contributed by atoms with Crippen molar-refractivity contribution < 1.29 is 27.5 Å². The number of fused-ring (bicyclic) bond motifs is 3. The SMILES string of the molecule is CCOc1cc(N2CCN(C(=O)C34CCC(C(F)(F)F)(CC3)CC4)C[C@H]2CC)c(C(=O)N[C@@H]2CCN(C)C2)nc1-c1cccnc1. The summed E-state index contributed by atoms with van der Waals surface area (Å²) < 4.78 is 47.7. The summed E-state index contributed by atoms with van der Waals surface area (Å²) in [5.41, 5.74) is -0.0971. The lowest BCUT2D eigenvalue weighted by molar-refractivity contribution is -0.259. The van der Waals surface area contributed by atoms with Crippen LogP contribution < -0.4 is 15.0 Å². The minimum Gasteiger partial charge on any atom is -0.492 e. The van der Waals surface area contributed by atoms with E-state index in [4.69, 9.17) is 9.72 Å². The van der Waals surface area contributed by atoms with E-state index < -0.39 is 17.0 Å². The van der Waals surface area contributed by atoms with E-state index in [1.807, 2.05) is 37.1 Å². The molecule has 2 amide bonds. The van der Waals surface area contributed by atoms with Crippen molar-refractivity contribution >= 4 is 17.5 Å². The lowest BCUT2D eigenvalue weighted by Gasteiger charge is -2.54. The molecule has 2 saturated heterocycles. The predicted molar refractivity (Wildman–Crippen MR) is 169 cm³/mol. The molecule has 3 aliphatic carbocycles. The van der Waals surface area contributed by atoms with E-state index in [1.165, 1.54) is 0 Å². The minimum atomic E-state index is -4.22. The average Bonchev–Trinajstić information content (AvgIpc) is 3.48. The number of nitrogens with zero attached hydrogens (tertiary/aromatic N) is 5.